The van der Waals surface area contributed by atoms with Crippen LogP contribution in [-0.4, -0.2) is 53.3 Å². The van der Waals surface area contributed by atoms with Gasteiger partial charge in [0.1, 0.15) is 6.04 Å². The Balaban J connectivity index is 1.86. The highest BCUT2D eigenvalue weighted by Gasteiger charge is 2.36. The summed E-state index contributed by atoms with van der Waals surface area (Å²) in [4.78, 5) is 24.4. The normalized spacial score (nSPS) is 31.6. The lowest BCUT2D eigenvalue weighted by Crippen LogP contribution is -2.49. The van der Waals surface area contributed by atoms with Crippen LogP contribution in [0.3, 0.4) is 0 Å². The zero-order chi connectivity index (χ0) is 13.2. The minimum atomic E-state index is -0.925. The number of amides is 2. The van der Waals surface area contributed by atoms with Crippen LogP contribution in [0.1, 0.15) is 32.6 Å². The van der Waals surface area contributed by atoms with Gasteiger partial charge >= 0.3 is 12.0 Å². The van der Waals surface area contributed by atoms with Crippen LogP contribution in [0.25, 0.3) is 0 Å². The number of carbonyl (C=O) groups is 2. The Morgan fingerprint density at radius 1 is 1.50 bits per heavy atom. The molecule has 0 radical (unpaired) electrons. The van der Waals surface area contributed by atoms with Crippen LogP contribution in [0.5, 0.6) is 0 Å². The van der Waals surface area contributed by atoms with Crippen LogP contribution in [0.15, 0.2) is 0 Å². The summed E-state index contributed by atoms with van der Waals surface area (Å²) in [6, 6.07) is -0.973. The number of likely N-dealkylation sites (tertiary alicyclic amines) is 1. The minimum Gasteiger partial charge on any atom is -0.480 e. The van der Waals surface area contributed by atoms with Gasteiger partial charge < -0.3 is 20.1 Å². The van der Waals surface area contributed by atoms with Gasteiger partial charge in [0, 0.05) is 19.7 Å². The average Bonchev–Trinajstić information content (AvgIpc) is 2.95. The van der Waals surface area contributed by atoms with Gasteiger partial charge in [0.25, 0.3) is 0 Å². The van der Waals surface area contributed by atoms with Crippen molar-refractivity contribution >= 4 is 12.0 Å². The van der Waals surface area contributed by atoms with Crippen LogP contribution < -0.4 is 5.32 Å². The number of hydrogen-bond donors (Lipinski definition) is 2. The van der Waals surface area contributed by atoms with Gasteiger partial charge in [0.15, 0.2) is 0 Å². The number of hydrogen-bond acceptors (Lipinski definition) is 3. The summed E-state index contributed by atoms with van der Waals surface area (Å²) in [5.74, 6) is -0.925. The molecule has 2 heterocycles. The Morgan fingerprint density at radius 2 is 2.28 bits per heavy atom. The van der Waals surface area contributed by atoms with E-state index in [4.69, 9.17) is 9.84 Å². The molecule has 2 aliphatic heterocycles. The van der Waals surface area contributed by atoms with E-state index in [1.807, 2.05) is 6.92 Å². The second-order valence-electron chi connectivity index (χ2n) is 5.25. The van der Waals surface area contributed by atoms with Crippen molar-refractivity contribution in [2.45, 2.75) is 44.2 Å². The Bertz CT molecular complexity index is 339. The number of ether oxygens (including phenoxy) is 1. The van der Waals surface area contributed by atoms with E-state index in [1.165, 1.54) is 4.90 Å². The maximum atomic E-state index is 12.0. The van der Waals surface area contributed by atoms with Crippen molar-refractivity contribution in [3.05, 3.63) is 0 Å². The summed E-state index contributed by atoms with van der Waals surface area (Å²) in [5, 5.41) is 11.8. The van der Waals surface area contributed by atoms with Gasteiger partial charge in [-0.15, -0.1) is 0 Å². The molecule has 2 rings (SSSR count). The first-order valence-electron chi connectivity index (χ1n) is 6.43. The van der Waals surface area contributed by atoms with Gasteiger partial charge in [0.05, 0.1) is 5.60 Å². The third kappa shape index (κ3) is 2.75. The minimum absolute atomic E-state index is 0.295. The fraction of sp³-hybridized carbons (Fsp3) is 0.833. The van der Waals surface area contributed by atoms with Crippen LogP contribution in [0.4, 0.5) is 4.79 Å². The lowest BCUT2D eigenvalue weighted by molar-refractivity contribution is -0.141. The number of carboxylic acids is 1. The van der Waals surface area contributed by atoms with Crippen LogP contribution >= 0.6 is 0 Å². The SMILES string of the molecule is CC1(CNC(=O)N2CCC[C@@H]2C(=O)O)CCCO1. The third-order valence-electron chi connectivity index (χ3n) is 3.71. The maximum Gasteiger partial charge on any atom is 0.326 e. The topological polar surface area (TPSA) is 78.9 Å². The zero-order valence-electron chi connectivity index (χ0n) is 10.6. The predicted octanol–water partition coefficient (Wildman–Crippen LogP) is 0.814. The molecule has 2 aliphatic rings. The van der Waals surface area contributed by atoms with Crippen molar-refractivity contribution in [1.29, 1.82) is 0 Å². The van der Waals surface area contributed by atoms with E-state index in [1.54, 1.807) is 0 Å². The van der Waals surface area contributed by atoms with Crippen molar-refractivity contribution in [3.8, 4) is 0 Å². The Morgan fingerprint density at radius 3 is 2.89 bits per heavy atom. The van der Waals surface area contributed by atoms with Gasteiger partial charge in [-0.2, -0.15) is 0 Å². The lowest BCUT2D eigenvalue weighted by Gasteiger charge is -2.27. The van der Waals surface area contributed by atoms with Gasteiger partial charge in [-0.05, 0) is 32.6 Å². The second kappa shape index (κ2) is 5.14. The number of rotatable bonds is 3. The number of carboxylic acid groups (broad SMARTS) is 1. The van der Waals surface area contributed by atoms with Gasteiger partial charge in [-0.3, -0.25) is 0 Å². The molecule has 2 saturated heterocycles. The van der Waals surface area contributed by atoms with E-state index in [0.29, 0.717) is 19.5 Å². The number of aliphatic carboxylic acids is 1. The second-order valence-corrected chi connectivity index (χ2v) is 5.25. The fourth-order valence-electron chi connectivity index (χ4n) is 2.61. The van der Waals surface area contributed by atoms with Gasteiger partial charge in [0.2, 0.25) is 0 Å². The molecule has 0 aromatic carbocycles. The molecule has 0 aromatic rings. The molecule has 6 nitrogen and oxygen atoms in total. The Kier molecular flexibility index (Phi) is 3.75. The number of urea groups is 1. The molecule has 18 heavy (non-hydrogen) atoms. The van der Waals surface area contributed by atoms with E-state index in [-0.39, 0.29) is 11.6 Å². The van der Waals surface area contributed by atoms with Crippen molar-refractivity contribution < 1.29 is 19.4 Å². The molecule has 102 valence electrons. The van der Waals surface area contributed by atoms with E-state index in [2.05, 4.69) is 5.32 Å². The molecular formula is C12H20N2O4. The summed E-state index contributed by atoms with van der Waals surface area (Å²) in [5.41, 5.74) is -0.298. The molecule has 6 heteroatoms. The quantitative estimate of drug-likeness (QED) is 0.783. The fourth-order valence-corrected chi connectivity index (χ4v) is 2.61. The van der Waals surface area contributed by atoms with Crippen LogP contribution in [-0.2, 0) is 9.53 Å². The molecule has 0 saturated carbocycles. The number of nitrogens with zero attached hydrogens (tertiary/aromatic N) is 1. The summed E-state index contributed by atoms with van der Waals surface area (Å²) in [6.45, 7) is 3.65. The first-order chi connectivity index (χ1) is 8.52. The summed E-state index contributed by atoms with van der Waals surface area (Å²) < 4.78 is 5.58. The molecule has 2 atom stereocenters. The summed E-state index contributed by atoms with van der Waals surface area (Å²) in [6.07, 6.45) is 3.22. The predicted molar refractivity (Wildman–Crippen MR) is 64.4 cm³/mol. The zero-order valence-corrected chi connectivity index (χ0v) is 10.6. The first kappa shape index (κ1) is 13.1. The van der Waals surface area contributed by atoms with E-state index in [9.17, 15) is 9.59 Å². The highest BCUT2D eigenvalue weighted by Crippen LogP contribution is 2.24. The number of carbonyl (C=O) groups excluding carboxylic acids is 1. The highest BCUT2D eigenvalue weighted by atomic mass is 16.5. The van der Waals surface area contributed by atoms with Gasteiger partial charge in [-0.1, -0.05) is 0 Å². The molecule has 0 spiro atoms. The van der Waals surface area contributed by atoms with Crippen molar-refractivity contribution in [2.75, 3.05) is 19.7 Å². The Hall–Kier alpha value is -1.30. The average molecular weight is 256 g/mol. The smallest absolute Gasteiger partial charge is 0.326 e. The molecular weight excluding hydrogens is 236 g/mol. The van der Waals surface area contributed by atoms with Crippen LogP contribution in [0, 0.1) is 0 Å². The monoisotopic (exact) mass is 256 g/mol. The Labute approximate surface area is 106 Å². The molecule has 1 unspecified atom stereocenters. The largest absolute Gasteiger partial charge is 0.480 e. The molecule has 0 bridgehead atoms. The maximum absolute atomic E-state index is 12.0. The van der Waals surface area contributed by atoms with E-state index < -0.39 is 12.0 Å². The molecule has 0 aliphatic carbocycles. The molecule has 2 fully saturated rings. The van der Waals surface area contributed by atoms with E-state index in [0.717, 1.165) is 25.9 Å². The first-order valence-corrected chi connectivity index (χ1v) is 6.43. The third-order valence-corrected chi connectivity index (χ3v) is 3.71. The van der Waals surface area contributed by atoms with Crippen molar-refractivity contribution in [3.63, 3.8) is 0 Å². The summed E-state index contributed by atoms with van der Waals surface area (Å²) in [7, 11) is 0. The molecule has 0 aromatic heterocycles. The van der Waals surface area contributed by atoms with E-state index >= 15 is 0 Å². The highest BCUT2D eigenvalue weighted by molar-refractivity contribution is 5.83. The molecule has 2 N–H and O–H groups in total. The van der Waals surface area contributed by atoms with Crippen LogP contribution in [0.2, 0.25) is 0 Å². The summed E-state index contributed by atoms with van der Waals surface area (Å²) >= 11 is 0. The lowest BCUT2D eigenvalue weighted by atomic mass is 10.0. The molecule has 2 amide bonds. The number of nitrogens with one attached hydrogen (secondary N) is 1. The standard InChI is InChI=1S/C12H20N2O4/c1-12(5-3-7-18-12)8-13-11(17)14-6-2-4-9(14)10(15)16/h9H,2-8H2,1H3,(H,13,17)(H,15,16)/t9-,12?/m1/s1. The van der Waals surface area contributed by atoms with Crippen molar-refractivity contribution in [1.82, 2.24) is 10.2 Å². The van der Waals surface area contributed by atoms with Crippen molar-refractivity contribution in [2.24, 2.45) is 0 Å². The van der Waals surface area contributed by atoms with Gasteiger partial charge in [-0.25, -0.2) is 9.59 Å².